The smallest absolute Gasteiger partial charge is 0.230 e. The van der Waals surface area contributed by atoms with Crippen molar-refractivity contribution in [3.63, 3.8) is 0 Å². The van der Waals surface area contributed by atoms with Crippen molar-refractivity contribution in [2.75, 3.05) is 4.90 Å². The summed E-state index contributed by atoms with van der Waals surface area (Å²) in [7, 11) is 0. The second-order valence-electron chi connectivity index (χ2n) is 5.44. The summed E-state index contributed by atoms with van der Waals surface area (Å²) >= 11 is 0. The monoisotopic (exact) mass is 281 g/mol. The second kappa shape index (κ2) is 7.63. The number of rotatable bonds is 6. The van der Waals surface area contributed by atoms with E-state index in [0.29, 0.717) is 6.54 Å². The first-order valence-corrected chi connectivity index (χ1v) is 7.62. The normalized spacial score (nSPS) is 11.9. The van der Waals surface area contributed by atoms with Crippen molar-refractivity contribution in [2.45, 2.75) is 33.2 Å². The van der Waals surface area contributed by atoms with Crippen molar-refractivity contribution in [3.8, 4) is 0 Å². The summed E-state index contributed by atoms with van der Waals surface area (Å²) in [6.07, 6.45) is 1.96. The fourth-order valence-electron chi connectivity index (χ4n) is 2.49. The molecule has 1 unspecified atom stereocenters. The molecule has 2 heteroatoms. The number of nitrogens with zero attached hydrogens (tertiary/aromatic N) is 1. The molecule has 2 aromatic rings. The summed E-state index contributed by atoms with van der Waals surface area (Å²) in [5.41, 5.74) is 2.12. The first-order valence-electron chi connectivity index (χ1n) is 7.62. The molecule has 21 heavy (non-hydrogen) atoms. The minimum absolute atomic E-state index is 0.0546. The Kier molecular flexibility index (Phi) is 5.56. The van der Waals surface area contributed by atoms with Crippen molar-refractivity contribution < 1.29 is 4.79 Å². The molecule has 2 rings (SSSR count). The van der Waals surface area contributed by atoms with Gasteiger partial charge in [0.05, 0.1) is 6.54 Å². The quantitative estimate of drug-likeness (QED) is 0.754. The third kappa shape index (κ3) is 4.19. The Morgan fingerprint density at radius 1 is 1.00 bits per heavy atom. The number of hydrogen-bond acceptors (Lipinski definition) is 1. The zero-order valence-electron chi connectivity index (χ0n) is 12.8. The van der Waals surface area contributed by atoms with E-state index in [1.807, 2.05) is 60.4 Å². The molecule has 0 saturated heterocycles. The van der Waals surface area contributed by atoms with E-state index in [1.165, 1.54) is 0 Å². The molecule has 1 amide bonds. The Labute approximate surface area is 127 Å². The number of carbonyl (C=O) groups excluding carboxylic acids is 1. The van der Waals surface area contributed by atoms with E-state index in [4.69, 9.17) is 0 Å². The molecule has 2 aromatic carbocycles. The van der Waals surface area contributed by atoms with E-state index < -0.39 is 0 Å². The van der Waals surface area contributed by atoms with Crippen LogP contribution in [0.15, 0.2) is 60.7 Å². The SMILES string of the molecule is CCCC(C)C(=O)N(Cc1ccccc1)c1ccccc1. The number of amides is 1. The molecular weight excluding hydrogens is 258 g/mol. The van der Waals surface area contributed by atoms with Crippen LogP contribution in [-0.2, 0) is 11.3 Å². The molecule has 0 bridgehead atoms. The van der Waals surface area contributed by atoms with Gasteiger partial charge < -0.3 is 4.90 Å². The third-order valence-corrected chi connectivity index (χ3v) is 3.66. The summed E-state index contributed by atoms with van der Waals surface area (Å²) < 4.78 is 0. The summed E-state index contributed by atoms with van der Waals surface area (Å²) in [4.78, 5) is 14.7. The van der Waals surface area contributed by atoms with Gasteiger partial charge in [0, 0.05) is 11.6 Å². The van der Waals surface area contributed by atoms with Gasteiger partial charge in [0.25, 0.3) is 0 Å². The number of para-hydroxylation sites is 1. The van der Waals surface area contributed by atoms with Crippen molar-refractivity contribution in [2.24, 2.45) is 5.92 Å². The molecule has 0 fully saturated rings. The van der Waals surface area contributed by atoms with Gasteiger partial charge >= 0.3 is 0 Å². The fraction of sp³-hybridized carbons (Fsp3) is 0.316. The largest absolute Gasteiger partial charge is 0.308 e. The van der Waals surface area contributed by atoms with Gasteiger partial charge in [-0.2, -0.15) is 0 Å². The summed E-state index contributed by atoms with van der Waals surface area (Å²) in [5.74, 6) is 0.255. The van der Waals surface area contributed by atoms with E-state index >= 15 is 0 Å². The molecule has 1 atom stereocenters. The topological polar surface area (TPSA) is 20.3 Å². The fourth-order valence-corrected chi connectivity index (χ4v) is 2.49. The molecule has 0 saturated carbocycles. The van der Waals surface area contributed by atoms with E-state index in [9.17, 15) is 4.79 Å². The molecule has 0 aliphatic heterocycles. The van der Waals surface area contributed by atoms with Crippen LogP contribution < -0.4 is 4.90 Å². The Morgan fingerprint density at radius 3 is 2.14 bits per heavy atom. The van der Waals surface area contributed by atoms with Crippen LogP contribution in [0.4, 0.5) is 5.69 Å². The number of carbonyl (C=O) groups is 1. The van der Waals surface area contributed by atoms with Crippen LogP contribution in [0.1, 0.15) is 32.3 Å². The number of benzene rings is 2. The lowest BCUT2D eigenvalue weighted by Gasteiger charge is -2.26. The minimum Gasteiger partial charge on any atom is -0.308 e. The van der Waals surface area contributed by atoms with E-state index in [1.54, 1.807) is 0 Å². The Balaban J connectivity index is 2.24. The van der Waals surface area contributed by atoms with Crippen LogP contribution >= 0.6 is 0 Å². The van der Waals surface area contributed by atoms with Crippen molar-refractivity contribution >= 4 is 11.6 Å². The van der Waals surface area contributed by atoms with Crippen LogP contribution in [0.5, 0.6) is 0 Å². The second-order valence-corrected chi connectivity index (χ2v) is 5.44. The van der Waals surface area contributed by atoms with Crippen LogP contribution in [0, 0.1) is 5.92 Å². The zero-order chi connectivity index (χ0) is 15.1. The average molecular weight is 281 g/mol. The summed E-state index contributed by atoms with van der Waals surface area (Å²) in [6.45, 7) is 4.76. The van der Waals surface area contributed by atoms with Crippen molar-refractivity contribution in [1.82, 2.24) is 0 Å². The maximum absolute atomic E-state index is 12.8. The highest BCUT2D eigenvalue weighted by Gasteiger charge is 2.21. The van der Waals surface area contributed by atoms with Gasteiger partial charge in [0.15, 0.2) is 0 Å². The Bertz CT molecular complexity index is 550. The highest BCUT2D eigenvalue weighted by atomic mass is 16.2. The highest BCUT2D eigenvalue weighted by molar-refractivity contribution is 5.94. The van der Waals surface area contributed by atoms with Gasteiger partial charge in [-0.05, 0) is 24.1 Å². The third-order valence-electron chi connectivity index (χ3n) is 3.66. The van der Waals surface area contributed by atoms with Gasteiger partial charge in [-0.15, -0.1) is 0 Å². The van der Waals surface area contributed by atoms with Crippen LogP contribution in [-0.4, -0.2) is 5.91 Å². The van der Waals surface area contributed by atoms with Crippen LogP contribution in [0.2, 0.25) is 0 Å². The lowest BCUT2D eigenvalue weighted by molar-refractivity contribution is -0.122. The van der Waals surface area contributed by atoms with Gasteiger partial charge in [0.2, 0.25) is 5.91 Å². The molecule has 0 radical (unpaired) electrons. The molecule has 0 aromatic heterocycles. The van der Waals surface area contributed by atoms with Crippen molar-refractivity contribution in [3.05, 3.63) is 66.2 Å². The molecule has 0 spiro atoms. The summed E-state index contributed by atoms with van der Waals surface area (Å²) in [5, 5.41) is 0. The standard InChI is InChI=1S/C19H23NO/c1-3-10-16(2)19(21)20(18-13-8-5-9-14-18)15-17-11-6-4-7-12-17/h4-9,11-14,16H,3,10,15H2,1-2H3. The van der Waals surface area contributed by atoms with Gasteiger partial charge in [-0.25, -0.2) is 0 Å². The maximum Gasteiger partial charge on any atom is 0.230 e. The predicted molar refractivity (Wildman–Crippen MR) is 88.1 cm³/mol. The molecule has 0 heterocycles. The Hall–Kier alpha value is -2.09. The highest BCUT2D eigenvalue weighted by Crippen LogP contribution is 2.21. The first-order chi connectivity index (χ1) is 10.2. The maximum atomic E-state index is 12.8. The van der Waals surface area contributed by atoms with E-state index in [-0.39, 0.29) is 11.8 Å². The zero-order valence-corrected chi connectivity index (χ0v) is 12.8. The van der Waals surface area contributed by atoms with Crippen LogP contribution in [0.25, 0.3) is 0 Å². The first kappa shape index (κ1) is 15.3. The molecular formula is C19H23NO. The van der Waals surface area contributed by atoms with E-state index in [0.717, 1.165) is 24.1 Å². The van der Waals surface area contributed by atoms with Crippen LogP contribution in [0.3, 0.4) is 0 Å². The molecule has 2 nitrogen and oxygen atoms in total. The summed E-state index contributed by atoms with van der Waals surface area (Å²) in [6, 6.07) is 20.1. The van der Waals surface area contributed by atoms with Gasteiger partial charge in [-0.3, -0.25) is 4.79 Å². The predicted octanol–water partition coefficient (Wildman–Crippen LogP) is 4.66. The lowest BCUT2D eigenvalue weighted by Crippen LogP contribution is -2.34. The van der Waals surface area contributed by atoms with E-state index in [2.05, 4.69) is 19.1 Å². The van der Waals surface area contributed by atoms with Crippen molar-refractivity contribution in [1.29, 1.82) is 0 Å². The number of anilines is 1. The molecule has 0 aliphatic carbocycles. The average Bonchev–Trinajstić information content (AvgIpc) is 2.54. The van der Waals surface area contributed by atoms with Gasteiger partial charge in [0.1, 0.15) is 0 Å². The Morgan fingerprint density at radius 2 is 1.57 bits per heavy atom. The molecule has 0 aliphatic rings. The van der Waals surface area contributed by atoms with Gasteiger partial charge in [-0.1, -0.05) is 68.8 Å². The minimum atomic E-state index is 0.0546. The molecule has 0 N–H and O–H groups in total. The lowest BCUT2D eigenvalue weighted by atomic mass is 10.0. The number of hydrogen-bond donors (Lipinski definition) is 0. The molecule has 110 valence electrons.